The number of carbonyl (C=O) groups excluding carboxylic acids is 2. The third-order valence-corrected chi connectivity index (χ3v) is 6.00. The predicted molar refractivity (Wildman–Crippen MR) is 124 cm³/mol. The number of amides is 2. The molecule has 0 radical (unpaired) electrons. The van der Waals surface area contributed by atoms with Gasteiger partial charge in [-0.15, -0.1) is 0 Å². The number of ether oxygens (including phenoxy) is 1. The van der Waals surface area contributed by atoms with Crippen molar-refractivity contribution in [2.45, 2.75) is 20.3 Å². The molecule has 9 nitrogen and oxygen atoms in total. The van der Waals surface area contributed by atoms with Gasteiger partial charge < -0.3 is 20.5 Å². The molecule has 1 aliphatic rings. The molecule has 4 rings (SSSR count). The van der Waals surface area contributed by atoms with Crippen molar-refractivity contribution in [3.63, 3.8) is 0 Å². The number of piperazine rings is 1. The minimum absolute atomic E-state index is 0.0103. The van der Waals surface area contributed by atoms with Gasteiger partial charge in [-0.05, 0) is 48.2 Å². The van der Waals surface area contributed by atoms with Crippen LogP contribution in [0.15, 0.2) is 36.5 Å². The van der Waals surface area contributed by atoms with Crippen molar-refractivity contribution >= 4 is 17.6 Å². The number of benzene rings is 1. The molecule has 0 saturated carbocycles. The highest BCUT2D eigenvalue weighted by molar-refractivity contribution is 5.94. The van der Waals surface area contributed by atoms with E-state index in [4.69, 9.17) is 15.6 Å². The number of primary amides is 1. The lowest BCUT2D eigenvalue weighted by molar-refractivity contribution is 0.0615. The third kappa shape index (κ3) is 4.69. The molecule has 0 atom stereocenters. The van der Waals surface area contributed by atoms with E-state index in [2.05, 4.69) is 9.88 Å². The zero-order valence-corrected chi connectivity index (χ0v) is 19.0. The first-order valence-corrected chi connectivity index (χ1v) is 11.1. The zero-order valence-electron chi connectivity index (χ0n) is 19.0. The summed E-state index contributed by atoms with van der Waals surface area (Å²) in [5.74, 6) is 0.341. The molecule has 3 aromatic rings. The number of pyridine rings is 1. The summed E-state index contributed by atoms with van der Waals surface area (Å²) < 4.78 is 7.00. The summed E-state index contributed by atoms with van der Waals surface area (Å²) in [4.78, 5) is 32.9. The van der Waals surface area contributed by atoms with E-state index in [1.165, 1.54) is 0 Å². The lowest BCUT2D eigenvalue weighted by Gasteiger charge is -2.34. The van der Waals surface area contributed by atoms with Gasteiger partial charge in [-0.3, -0.25) is 14.1 Å². The Labute approximate surface area is 192 Å². The SMILES string of the molecule is CCc1nc2c(C)cc(-c3ccc(C(=O)N4CCN(CCO)CC4)cc3)cn2c1OC(N)=O. The van der Waals surface area contributed by atoms with Crippen LogP contribution in [0.1, 0.15) is 28.5 Å². The van der Waals surface area contributed by atoms with Crippen molar-refractivity contribution in [3.05, 3.63) is 53.3 Å². The van der Waals surface area contributed by atoms with Gasteiger partial charge in [0.2, 0.25) is 5.88 Å². The Kier molecular flexibility index (Phi) is 6.62. The highest BCUT2D eigenvalue weighted by Crippen LogP contribution is 2.29. The Morgan fingerprint density at radius 2 is 1.82 bits per heavy atom. The summed E-state index contributed by atoms with van der Waals surface area (Å²) in [6, 6.07) is 9.53. The van der Waals surface area contributed by atoms with Crippen LogP contribution < -0.4 is 10.5 Å². The first kappa shape index (κ1) is 22.8. The van der Waals surface area contributed by atoms with Crippen LogP contribution in [-0.4, -0.2) is 75.6 Å². The maximum absolute atomic E-state index is 12.9. The lowest BCUT2D eigenvalue weighted by atomic mass is 10.0. The minimum Gasteiger partial charge on any atom is -0.395 e. The van der Waals surface area contributed by atoms with Crippen LogP contribution in [0.5, 0.6) is 5.88 Å². The van der Waals surface area contributed by atoms with Crippen LogP contribution in [0, 0.1) is 6.92 Å². The normalized spacial score (nSPS) is 14.6. The molecule has 9 heteroatoms. The number of imidazole rings is 1. The van der Waals surface area contributed by atoms with Gasteiger partial charge in [0.25, 0.3) is 5.91 Å². The van der Waals surface area contributed by atoms with Crippen LogP contribution in [0.4, 0.5) is 4.79 Å². The van der Waals surface area contributed by atoms with Gasteiger partial charge >= 0.3 is 6.09 Å². The fourth-order valence-corrected chi connectivity index (χ4v) is 4.23. The fourth-order valence-electron chi connectivity index (χ4n) is 4.23. The summed E-state index contributed by atoms with van der Waals surface area (Å²) >= 11 is 0. The maximum atomic E-state index is 12.9. The molecule has 1 aliphatic heterocycles. The second-order valence-corrected chi connectivity index (χ2v) is 8.18. The zero-order chi connectivity index (χ0) is 23.5. The molecule has 2 aromatic heterocycles. The van der Waals surface area contributed by atoms with E-state index in [1.54, 1.807) is 4.40 Å². The van der Waals surface area contributed by atoms with Crippen molar-refractivity contribution in [3.8, 4) is 17.0 Å². The van der Waals surface area contributed by atoms with E-state index in [1.807, 2.05) is 55.3 Å². The van der Waals surface area contributed by atoms with Gasteiger partial charge in [0, 0.05) is 44.5 Å². The molecule has 33 heavy (non-hydrogen) atoms. The summed E-state index contributed by atoms with van der Waals surface area (Å²) in [7, 11) is 0. The number of β-amino-alcohol motifs (C(OH)–C–C–N with tert-alkyl or cyclic N) is 1. The molecule has 1 saturated heterocycles. The van der Waals surface area contributed by atoms with Gasteiger partial charge in [-0.2, -0.15) is 0 Å². The van der Waals surface area contributed by atoms with Crippen molar-refractivity contribution in [2.24, 2.45) is 5.73 Å². The van der Waals surface area contributed by atoms with E-state index < -0.39 is 6.09 Å². The number of carbonyl (C=O) groups is 2. The second kappa shape index (κ2) is 9.60. The molecule has 0 spiro atoms. The van der Waals surface area contributed by atoms with Crippen molar-refractivity contribution in [1.82, 2.24) is 19.2 Å². The average Bonchev–Trinajstić information content (AvgIpc) is 3.17. The molecule has 0 unspecified atom stereocenters. The number of aryl methyl sites for hydroxylation is 2. The quantitative estimate of drug-likeness (QED) is 0.593. The highest BCUT2D eigenvalue weighted by Gasteiger charge is 2.22. The largest absolute Gasteiger partial charge is 0.411 e. The topological polar surface area (TPSA) is 113 Å². The Morgan fingerprint density at radius 3 is 2.42 bits per heavy atom. The highest BCUT2D eigenvalue weighted by atomic mass is 16.6. The minimum atomic E-state index is -0.880. The van der Waals surface area contributed by atoms with E-state index in [0.717, 1.165) is 29.8 Å². The van der Waals surface area contributed by atoms with Crippen molar-refractivity contribution in [2.75, 3.05) is 39.3 Å². The van der Waals surface area contributed by atoms with E-state index in [0.29, 0.717) is 48.8 Å². The monoisotopic (exact) mass is 451 g/mol. The number of rotatable bonds is 6. The molecule has 3 N–H and O–H groups in total. The predicted octanol–water partition coefficient (Wildman–Crippen LogP) is 2.08. The van der Waals surface area contributed by atoms with Gasteiger partial charge in [-0.1, -0.05) is 19.1 Å². The Bertz CT molecular complexity index is 1160. The van der Waals surface area contributed by atoms with Gasteiger partial charge in [-0.25, -0.2) is 9.78 Å². The molecule has 1 aromatic carbocycles. The number of aliphatic hydroxyl groups is 1. The van der Waals surface area contributed by atoms with Crippen molar-refractivity contribution < 1.29 is 19.4 Å². The summed E-state index contributed by atoms with van der Waals surface area (Å²) in [5.41, 5.74) is 10.0. The van der Waals surface area contributed by atoms with Gasteiger partial charge in [0.1, 0.15) is 11.3 Å². The maximum Gasteiger partial charge on any atom is 0.411 e. The number of hydrogen-bond acceptors (Lipinski definition) is 6. The van der Waals surface area contributed by atoms with Crippen LogP contribution in [0.25, 0.3) is 16.8 Å². The Morgan fingerprint density at radius 1 is 1.12 bits per heavy atom. The first-order chi connectivity index (χ1) is 15.9. The van der Waals surface area contributed by atoms with Crippen LogP contribution in [0.2, 0.25) is 0 Å². The van der Waals surface area contributed by atoms with Crippen LogP contribution in [0.3, 0.4) is 0 Å². The molecular weight excluding hydrogens is 422 g/mol. The average molecular weight is 452 g/mol. The Hall–Kier alpha value is -3.43. The van der Waals surface area contributed by atoms with Gasteiger partial charge in [0.05, 0.1) is 6.61 Å². The molecule has 3 heterocycles. The van der Waals surface area contributed by atoms with E-state index in [9.17, 15) is 9.59 Å². The fraction of sp³-hybridized carbons (Fsp3) is 0.375. The number of hydrogen-bond donors (Lipinski definition) is 2. The molecule has 2 amide bonds. The molecule has 0 aliphatic carbocycles. The Balaban J connectivity index is 1.58. The first-order valence-electron chi connectivity index (χ1n) is 11.1. The van der Waals surface area contributed by atoms with Crippen LogP contribution in [-0.2, 0) is 6.42 Å². The second-order valence-electron chi connectivity index (χ2n) is 8.18. The van der Waals surface area contributed by atoms with Gasteiger partial charge in [0.15, 0.2) is 0 Å². The van der Waals surface area contributed by atoms with Crippen LogP contribution >= 0.6 is 0 Å². The smallest absolute Gasteiger partial charge is 0.395 e. The molecule has 1 fully saturated rings. The molecule has 0 bridgehead atoms. The molecule has 174 valence electrons. The summed E-state index contributed by atoms with van der Waals surface area (Å²) in [5, 5.41) is 9.08. The summed E-state index contributed by atoms with van der Waals surface area (Å²) in [6.07, 6.45) is 1.59. The number of aliphatic hydroxyl groups excluding tert-OH is 1. The number of nitrogens with zero attached hydrogens (tertiary/aromatic N) is 4. The number of fused-ring (bicyclic) bond motifs is 1. The molecular formula is C24H29N5O4. The van der Waals surface area contributed by atoms with Crippen molar-refractivity contribution in [1.29, 1.82) is 0 Å². The standard InChI is InChI=1S/C24H29N5O4/c1-3-20-23(33-24(25)32)29-15-19(14-16(2)21(29)26-20)17-4-6-18(7-5-17)22(31)28-10-8-27(9-11-28)12-13-30/h4-7,14-15,30H,3,8-13H2,1-2H3,(H2,25,32). The number of nitrogens with two attached hydrogens (primary N) is 1. The summed E-state index contributed by atoms with van der Waals surface area (Å²) in [6.45, 7) is 7.51. The van der Waals surface area contributed by atoms with E-state index >= 15 is 0 Å². The lowest BCUT2D eigenvalue weighted by Crippen LogP contribution is -2.49. The third-order valence-electron chi connectivity index (χ3n) is 6.00. The van der Waals surface area contributed by atoms with E-state index in [-0.39, 0.29) is 12.5 Å². The number of aromatic nitrogens is 2.